The highest BCUT2D eigenvalue weighted by Gasteiger charge is 2.57. The van der Waals surface area contributed by atoms with E-state index < -0.39 is 23.6 Å². The number of fused-ring (bicyclic) bond motifs is 2. The maximum absolute atomic E-state index is 12.8. The lowest BCUT2D eigenvalue weighted by Crippen LogP contribution is -2.55. The number of esters is 1. The van der Waals surface area contributed by atoms with Gasteiger partial charge in [0.05, 0.1) is 31.2 Å². The second-order valence-electron chi connectivity index (χ2n) is 6.24. The van der Waals surface area contributed by atoms with Gasteiger partial charge in [-0.05, 0) is 26.7 Å². The molecule has 6 heteroatoms. The van der Waals surface area contributed by atoms with Crippen molar-refractivity contribution in [3.63, 3.8) is 0 Å². The minimum absolute atomic E-state index is 0.137. The van der Waals surface area contributed by atoms with Gasteiger partial charge in [0.25, 0.3) is 0 Å². The molecule has 2 aliphatic heterocycles. The molecule has 3 unspecified atom stereocenters. The molecule has 0 aromatic heterocycles. The van der Waals surface area contributed by atoms with Gasteiger partial charge in [-0.1, -0.05) is 6.92 Å². The number of carbonyl (C=O) groups is 3. The monoisotopic (exact) mass is 312 g/mol. The molecule has 6 nitrogen and oxygen atoms in total. The van der Waals surface area contributed by atoms with E-state index in [0.717, 1.165) is 0 Å². The zero-order valence-corrected chi connectivity index (χ0v) is 13.6. The van der Waals surface area contributed by atoms with E-state index in [1.165, 1.54) is 7.11 Å². The van der Waals surface area contributed by atoms with Gasteiger partial charge in [0.2, 0.25) is 0 Å². The normalized spacial score (nSPS) is 36.6. The Kier molecular flexibility index (Phi) is 5.02. The molecule has 0 spiro atoms. The third-order valence-corrected chi connectivity index (χ3v) is 5.02. The maximum Gasteiger partial charge on any atom is 0.336 e. The molecule has 0 aromatic carbocycles. The quantitative estimate of drug-likeness (QED) is 0.575. The highest BCUT2D eigenvalue weighted by molar-refractivity contribution is 6.05. The second kappa shape index (κ2) is 6.46. The minimum atomic E-state index is -1.20. The molecule has 5 atom stereocenters. The molecule has 2 fully saturated rings. The molecule has 0 saturated carbocycles. The van der Waals surface area contributed by atoms with Crippen LogP contribution in [0.15, 0.2) is 0 Å². The number of carbonyl (C=O) groups excluding carboxylic acids is 3. The van der Waals surface area contributed by atoms with Crippen LogP contribution in [0.4, 0.5) is 0 Å². The van der Waals surface area contributed by atoms with Crippen LogP contribution in [0, 0.1) is 11.3 Å². The Balaban J connectivity index is 2.41. The van der Waals surface area contributed by atoms with Gasteiger partial charge < -0.3 is 14.2 Å². The lowest BCUT2D eigenvalue weighted by molar-refractivity contribution is -0.183. The van der Waals surface area contributed by atoms with E-state index in [2.05, 4.69) is 0 Å². The first-order valence-corrected chi connectivity index (χ1v) is 7.77. The Hall–Kier alpha value is -1.27. The van der Waals surface area contributed by atoms with Gasteiger partial charge in [0, 0.05) is 12.5 Å². The number of ketones is 2. The zero-order valence-electron chi connectivity index (χ0n) is 13.6. The fourth-order valence-electron chi connectivity index (χ4n) is 3.44. The zero-order chi connectivity index (χ0) is 16.5. The summed E-state index contributed by atoms with van der Waals surface area (Å²) in [6.45, 7) is 5.47. The summed E-state index contributed by atoms with van der Waals surface area (Å²) < 4.78 is 16.3. The molecule has 22 heavy (non-hydrogen) atoms. The number of hydrogen-bond acceptors (Lipinski definition) is 6. The van der Waals surface area contributed by atoms with E-state index in [-0.39, 0.29) is 36.6 Å². The summed E-state index contributed by atoms with van der Waals surface area (Å²) >= 11 is 0. The summed E-state index contributed by atoms with van der Waals surface area (Å²) in [5.41, 5.74) is -1.20. The van der Waals surface area contributed by atoms with Crippen molar-refractivity contribution in [2.24, 2.45) is 11.3 Å². The van der Waals surface area contributed by atoms with Crippen LogP contribution in [-0.4, -0.2) is 49.6 Å². The van der Waals surface area contributed by atoms with Crippen molar-refractivity contribution in [2.45, 2.75) is 58.3 Å². The van der Waals surface area contributed by atoms with Crippen LogP contribution in [0.2, 0.25) is 0 Å². The van der Waals surface area contributed by atoms with Gasteiger partial charge in [-0.3, -0.25) is 9.59 Å². The standard InChI is InChI=1S/C16H24O6/c1-5-21-14(15(19)20-4)16(3)12(18)8-10(17)9(2)11-6-7-13(16)22-11/h9,11,13-14H,5-8H2,1-4H3/t9-,11?,13?,14?,16+/m0/s1. The number of rotatable bonds is 4. The summed E-state index contributed by atoms with van der Waals surface area (Å²) in [7, 11) is 1.26. The molecular weight excluding hydrogens is 288 g/mol. The van der Waals surface area contributed by atoms with E-state index in [4.69, 9.17) is 14.2 Å². The van der Waals surface area contributed by atoms with Gasteiger partial charge in [-0.2, -0.15) is 0 Å². The number of methoxy groups -OCH3 is 1. The van der Waals surface area contributed by atoms with Crippen LogP contribution >= 0.6 is 0 Å². The number of Topliss-reactive ketones (excluding diaryl/α,β-unsaturated/α-hetero) is 2. The molecule has 2 heterocycles. The first-order valence-electron chi connectivity index (χ1n) is 7.77. The third-order valence-electron chi connectivity index (χ3n) is 5.02. The van der Waals surface area contributed by atoms with E-state index in [1.807, 2.05) is 0 Å². The Morgan fingerprint density at radius 1 is 1.41 bits per heavy atom. The highest BCUT2D eigenvalue weighted by atomic mass is 16.6. The minimum Gasteiger partial charge on any atom is -0.467 e. The van der Waals surface area contributed by atoms with Gasteiger partial charge in [-0.15, -0.1) is 0 Å². The smallest absolute Gasteiger partial charge is 0.336 e. The molecule has 2 bridgehead atoms. The molecule has 0 aromatic rings. The molecule has 0 aliphatic carbocycles. The summed E-state index contributed by atoms with van der Waals surface area (Å²) in [5, 5.41) is 0. The summed E-state index contributed by atoms with van der Waals surface area (Å²) in [6, 6.07) is 0. The summed E-state index contributed by atoms with van der Waals surface area (Å²) in [5.74, 6) is -1.34. The van der Waals surface area contributed by atoms with Crippen LogP contribution < -0.4 is 0 Å². The molecule has 2 rings (SSSR count). The highest BCUT2D eigenvalue weighted by Crippen LogP contribution is 2.44. The van der Waals surface area contributed by atoms with Crippen molar-refractivity contribution >= 4 is 17.5 Å². The first kappa shape index (κ1) is 17.1. The number of hydrogen-bond donors (Lipinski definition) is 0. The third kappa shape index (κ3) is 2.70. The predicted octanol–water partition coefficient (Wildman–Crippen LogP) is 1.30. The van der Waals surface area contributed by atoms with Crippen molar-refractivity contribution in [1.29, 1.82) is 0 Å². The van der Waals surface area contributed by atoms with E-state index in [1.54, 1.807) is 20.8 Å². The van der Waals surface area contributed by atoms with Crippen molar-refractivity contribution in [3.05, 3.63) is 0 Å². The lowest BCUT2D eigenvalue weighted by atomic mass is 9.72. The number of ether oxygens (including phenoxy) is 3. The second-order valence-corrected chi connectivity index (χ2v) is 6.24. The van der Waals surface area contributed by atoms with Crippen LogP contribution in [0.3, 0.4) is 0 Å². The first-order chi connectivity index (χ1) is 10.4. The average Bonchev–Trinajstić information content (AvgIpc) is 3.00. The molecule has 2 saturated heterocycles. The fraction of sp³-hybridized carbons (Fsp3) is 0.812. The fourth-order valence-corrected chi connectivity index (χ4v) is 3.44. The van der Waals surface area contributed by atoms with Gasteiger partial charge in [0.15, 0.2) is 11.9 Å². The van der Waals surface area contributed by atoms with Crippen LogP contribution in [0.1, 0.15) is 40.0 Å². The Labute approximate surface area is 130 Å². The lowest BCUT2D eigenvalue weighted by Gasteiger charge is -2.40. The largest absolute Gasteiger partial charge is 0.467 e. The molecule has 124 valence electrons. The van der Waals surface area contributed by atoms with Gasteiger partial charge in [-0.25, -0.2) is 4.79 Å². The van der Waals surface area contributed by atoms with Crippen molar-refractivity contribution in [2.75, 3.05) is 13.7 Å². The van der Waals surface area contributed by atoms with Gasteiger partial charge >= 0.3 is 5.97 Å². The summed E-state index contributed by atoms with van der Waals surface area (Å²) in [6.07, 6.45) is -0.527. The molecule has 0 radical (unpaired) electrons. The predicted molar refractivity (Wildman–Crippen MR) is 77.2 cm³/mol. The Bertz CT molecular complexity index is 473. The Morgan fingerprint density at radius 2 is 2.09 bits per heavy atom. The summed E-state index contributed by atoms with van der Waals surface area (Å²) in [4.78, 5) is 37.1. The Morgan fingerprint density at radius 3 is 2.68 bits per heavy atom. The van der Waals surface area contributed by atoms with E-state index in [0.29, 0.717) is 12.8 Å². The van der Waals surface area contributed by atoms with Crippen LogP contribution in [0.25, 0.3) is 0 Å². The van der Waals surface area contributed by atoms with Crippen molar-refractivity contribution < 1.29 is 28.6 Å². The van der Waals surface area contributed by atoms with E-state index >= 15 is 0 Å². The molecule has 0 amide bonds. The van der Waals surface area contributed by atoms with Crippen LogP contribution in [0.5, 0.6) is 0 Å². The molecule has 2 aliphatic rings. The topological polar surface area (TPSA) is 78.9 Å². The van der Waals surface area contributed by atoms with Crippen molar-refractivity contribution in [1.82, 2.24) is 0 Å². The SMILES string of the molecule is CCOC(C(=O)OC)[C@]1(C)C(=O)CC(=O)[C@H](C)C2CCC1O2. The average molecular weight is 312 g/mol. The molecule has 0 N–H and O–H groups in total. The maximum atomic E-state index is 12.8. The van der Waals surface area contributed by atoms with Gasteiger partial charge in [0.1, 0.15) is 5.78 Å². The van der Waals surface area contributed by atoms with E-state index in [9.17, 15) is 14.4 Å². The van der Waals surface area contributed by atoms with Crippen LogP contribution in [-0.2, 0) is 28.6 Å². The van der Waals surface area contributed by atoms with Crippen molar-refractivity contribution in [3.8, 4) is 0 Å². The molecular formula is C16H24O6.